The molecular weight excluding hydrogens is 430 g/mol. The van der Waals surface area contributed by atoms with Gasteiger partial charge in [-0.05, 0) is 33.9 Å². The Hall–Kier alpha value is -4.14. The lowest BCUT2D eigenvalue weighted by molar-refractivity contribution is 1.55. The third-order valence-corrected chi connectivity index (χ3v) is 8.32. The van der Waals surface area contributed by atoms with Crippen molar-refractivity contribution < 1.29 is 0 Å². The molecule has 0 aliphatic rings. The van der Waals surface area contributed by atoms with Crippen LogP contribution in [-0.2, 0) is 0 Å². The zero-order valence-electron chi connectivity index (χ0n) is 18.3. The topological polar surface area (TPSA) is 15.8 Å². The Bertz CT molecular complexity index is 2070. The molecule has 6 aromatic carbocycles. The maximum absolute atomic E-state index is 3.79. The van der Waals surface area contributed by atoms with Gasteiger partial charge in [0.25, 0.3) is 0 Å². The lowest BCUT2D eigenvalue weighted by atomic mass is 9.99. The highest BCUT2D eigenvalue weighted by molar-refractivity contribution is 7.26. The molecule has 0 radical (unpaired) electrons. The molecule has 0 spiro atoms. The van der Waals surface area contributed by atoms with Crippen LogP contribution >= 0.6 is 11.3 Å². The second kappa shape index (κ2) is 6.69. The van der Waals surface area contributed by atoms with Gasteiger partial charge < -0.3 is 4.98 Å². The van der Waals surface area contributed by atoms with E-state index in [0.29, 0.717) is 0 Å². The summed E-state index contributed by atoms with van der Waals surface area (Å²) in [6.07, 6.45) is 0. The number of hydrogen-bond acceptors (Lipinski definition) is 1. The van der Waals surface area contributed by atoms with Gasteiger partial charge >= 0.3 is 0 Å². The SMILES string of the molecule is c1ccc2c(c1)ccc1c3cccc(-c4ccc5c(c4)sc4ccc6ccccc6c45)c3[nH]c21. The van der Waals surface area contributed by atoms with E-state index >= 15 is 0 Å². The van der Waals surface area contributed by atoms with Crippen LogP contribution in [0.5, 0.6) is 0 Å². The first-order valence-corrected chi connectivity index (χ1v) is 12.4. The molecule has 1 nitrogen and oxygen atoms in total. The first-order valence-electron chi connectivity index (χ1n) is 11.6. The van der Waals surface area contributed by atoms with Crippen molar-refractivity contribution in [1.82, 2.24) is 4.98 Å². The normalized spacial score (nSPS) is 12.1. The van der Waals surface area contributed by atoms with Gasteiger partial charge in [0.2, 0.25) is 0 Å². The molecule has 0 atom stereocenters. The van der Waals surface area contributed by atoms with E-state index in [1.54, 1.807) is 0 Å². The summed E-state index contributed by atoms with van der Waals surface area (Å²) >= 11 is 1.89. The molecule has 8 rings (SSSR count). The smallest absolute Gasteiger partial charge is 0.0544 e. The van der Waals surface area contributed by atoms with Crippen molar-refractivity contribution in [3.8, 4) is 11.1 Å². The fourth-order valence-corrected chi connectivity index (χ4v) is 6.78. The van der Waals surface area contributed by atoms with Crippen molar-refractivity contribution >= 4 is 74.9 Å². The molecule has 0 unspecified atom stereocenters. The highest BCUT2D eigenvalue weighted by Gasteiger charge is 2.14. The minimum Gasteiger partial charge on any atom is -0.353 e. The highest BCUT2D eigenvalue weighted by Crippen LogP contribution is 2.42. The van der Waals surface area contributed by atoms with Crippen LogP contribution in [-0.4, -0.2) is 4.98 Å². The highest BCUT2D eigenvalue weighted by atomic mass is 32.1. The number of rotatable bonds is 1. The van der Waals surface area contributed by atoms with E-state index in [1.165, 1.54) is 74.6 Å². The Labute approximate surface area is 199 Å². The van der Waals surface area contributed by atoms with Gasteiger partial charge in [-0.3, -0.25) is 0 Å². The molecule has 2 heteroatoms. The van der Waals surface area contributed by atoms with Crippen LogP contribution in [0.2, 0.25) is 0 Å². The Morgan fingerprint density at radius 3 is 2.09 bits per heavy atom. The second-order valence-electron chi connectivity index (χ2n) is 9.04. The van der Waals surface area contributed by atoms with Gasteiger partial charge in [-0.15, -0.1) is 11.3 Å². The molecule has 0 fully saturated rings. The van der Waals surface area contributed by atoms with E-state index in [2.05, 4.69) is 114 Å². The zero-order valence-corrected chi connectivity index (χ0v) is 19.1. The molecule has 2 heterocycles. The molecule has 0 saturated heterocycles. The van der Waals surface area contributed by atoms with Gasteiger partial charge in [0, 0.05) is 41.9 Å². The van der Waals surface area contributed by atoms with Crippen LogP contribution in [0.1, 0.15) is 0 Å². The number of benzene rings is 6. The van der Waals surface area contributed by atoms with Crippen LogP contribution in [0, 0.1) is 0 Å². The van der Waals surface area contributed by atoms with Gasteiger partial charge in [0.15, 0.2) is 0 Å². The molecule has 34 heavy (non-hydrogen) atoms. The summed E-state index contributed by atoms with van der Waals surface area (Å²) in [4.78, 5) is 3.79. The standard InChI is InChI=1S/C32H19NS/c1-3-8-22-19(6-1)14-17-28-30(22)27-16-13-21(18-29(27)34-28)24-10-5-11-25-26-15-12-20-7-2-4-9-23(20)31(26)33-32(24)25/h1-18,33H. The summed E-state index contributed by atoms with van der Waals surface area (Å²) in [5, 5.41) is 10.5. The second-order valence-corrected chi connectivity index (χ2v) is 10.1. The van der Waals surface area contributed by atoms with Gasteiger partial charge in [0.05, 0.1) is 11.0 Å². The van der Waals surface area contributed by atoms with Crippen LogP contribution in [0.4, 0.5) is 0 Å². The van der Waals surface area contributed by atoms with Crippen molar-refractivity contribution in [3.63, 3.8) is 0 Å². The van der Waals surface area contributed by atoms with E-state index in [1.807, 2.05) is 11.3 Å². The first kappa shape index (κ1) is 18.3. The van der Waals surface area contributed by atoms with Crippen molar-refractivity contribution in [2.75, 3.05) is 0 Å². The quantitative estimate of drug-likeness (QED) is 0.257. The van der Waals surface area contributed by atoms with E-state index < -0.39 is 0 Å². The monoisotopic (exact) mass is 449 g/mol. The molecule has 158 valence electrons. The van der Waals surface area contributed by atoms with Crippen LogP contribution in [0.25, 0.3) is 74.6 Å². The van der Waals surface area contributed by atoms with Crippen molar-refractivity contribution in [2.24, 2.45) is 0 Å². The lowest BCUT2D eigenvalue weighted by Crippen LogP contribution is -1.80. The lowest BCUT2D eigenvalue weighted by Gasteiger charge is -2.05. The number of aromatic nitrogens is 1. The summed E-state index contributed by atoms with van der Waals surface area (Å²) in [5.74, 6) is 0. The van der Waals surface area contributed by atoms with Crippen molar-refractivity contribution in [2.45, 2.75) is 0 Å². The largest absolute Gasteiger partial charge is 0.353 e. The summed E-state index contributed by atoms with van der Waals surface area (Å²) in [7, 11) is 0. The Morgan fingerprint density at radius 1 is 0.471 bits per heavy atom. The third-order valence-electron chi connectivity index (χ3n) is 7.21. The molecular formula is C32H19NS. The van der Waals surface area contributed by atoms with E-state index in [9.17, 15) is 0 Å². The molecule has 0 aliphatic heterocycles. The van der Waals surface area contributed by atoms with E-state index in [-0.39, 0.29) is 0 Å². The van der Waals surface area contributed by atoms with Crippen molar-refractivity contribution in [3.05, 3.63) is 109 Å². The predicted octanol–water partition coefficient (Wildman–Crippen LogP) is 9.66. The van der Waals surface area contributed by atoms with Gasteiger partial charge in [-0.2, -0.15) is 0 Å². The molecule has 1 N–H and O–H groups in total. The average Bonchev–Trinajstić information content (AvgIpc) is 3.47. The maximum Gasteiger partial charge on any atom is 0.0544 e. The fourth-order valence-electron chi connectivity index (χ4n) is 5.62. The van der Waals surface area contributed by atoms with Gasteiger partial charge in [-0.25, -0.2) is 0 Å². The zero-order chi connectivity index (χ0) is 22.2. The van der Waals surface area contributed by atoms with Crippen LogP contribution in [0.3, 0.4) is 0 Å². The number of H-pyrrole nitrogens is 1. The number of hydrogen-bond donors (Lipinski definition) is 1. The number of fused-ring (bicyclic) bond motifs is 10. The Kier molecular flexibility index (Phi) is 3.60. The molecule has 0 bridgehead atoms. The van der Waals surface area contributed by atoms with Gasteiger partial charge in [0.1, 0.15) is 0 Å². The summed E-state index contributed by atoms with van der Waals surface area (Å²) in [6.45, 7) is 0. The van der Waals surface area contributed by atoms with Crippen LogP contribution in [0.15, 0.2) is 109 Å². The van der Waals surface area contributed by atoms with Gasteiger partial charge in [-0.1, -0.05) is 97.1 Å². The predicted molar refractivity (Wildman–Crippen MR) is 149 cm³/mol. The number of aromatic amines is 1. The minimum atomic E-state index is 1.21. The Morgan fingerprint density at radius 2 is 1.18 bits per heavy atom. The fraction of sp³-hybridized carbons (Fsp3) is 0. The minimum absolute atomic E-state index is 1.21. The first-order chi connectivity index (χ1) is 16.8. The van der Waals surface area contributed by atoms with E-state index in [4.69, 9.17) is 0 Å². The van der Waals surface area contributed by atoms with E-state index in [0.717, 1.165) is 0 Å². The number of para-hydroxylation sites is 1. The van der Waals surface area contributed by atoms with Crippen LogP contribution < -0.4 is 0 Å². The number of nitrogens with one attached hydrogen (secondary N) is 1. The molecule has 0 saturated carbocycles. The molecule has 0 aliphatic carbocycles. The van der Waals surface area contributed by atoms with Crippen molar-refractivity contribution in [1.29, 1.82) is 0 Å². The number of thiophene rings is 1. The molecule has 0 amide bonds. The maximum atomic E-state index is 3.79. The molecule has 2 aromatic heterocycles. The average molecular weight is 450 g/mol. The summed E-state index contributed by atoms with van der Waals surface area (Å²) in [5.41, 5.74) is 4.93. The Balaban J connectivity index is 1.41. The molecule has 8 aromatic rings. The third kappa shape index (κ3) is 2.43. The summed E-state index contributed by atoms with van der Waals surface area (Å²) in [6, 6.07) is 39.9. The summed E-state index contributed by atoms with van der Waals surface area (Å²) < 4.78 is 2.68.